The molecule has 0 bridgehead atoms. The first-order chi connectivity index (χ1) is 30.3. The van der Waals surface area contributed by atoms with Crippen molar-refractivity contribution < 1.29 is 42.1 Å². The summed E-state index contributed by atoms with van der Waals surface area (Å²) in [6.07, 6.45) is 20.6. The zero-order valence-electron chi connectivity index (χ0n) is 39.3. The summed E-state index contributed by atoms with van der Waals surface area (Å²) < 4.78 is 8.47. The van der Waals surface area contributed by atoms with Crippen LogP contribution in [-0.2, 0) is 18.5 Å². The number of benzene rings is 4. The lowest BCUT2D eigenvalue weighted by atomic mass is 9.84. The van der Waals surface area contributed by atoms with Gasteiger partial charge in [0.15, 0.2) is 19.3 Å². The van der Waals surface area contributed by atoms with Gasteiger partial charge in [0.05, 0.1) is 76.9 Å². The highest BCUT2D eigenvalue weighted by Gasteiger charge is 2.37. The zero-order valence-corrected chi connectivity index (χ0v) is 43.1. The second-order valence-corrected chi connectivity index (χ2v) is 21.5. The van der Waals surface area contributed by atoms with Crippen molar-refractivity contribution in [3.8, 4) is 0 Å². The average molecular weight is 1000 g/mol. The van der Waals surface area contributed by atoms with E-state index >= 15 is 0 Å². The quantitative estimate of drug-likeness (QED) is 0.0300. The number of aryl methyl sites for hydroxylation is 2. The predicted octanol–water partition coefficient (Wildman–Crippen LogP) is 8.47. The summed E-state index contributed by atoms with van der Waals surface area (Å²) in [7, 11) is 14.0. The Morgan fingerprint density at radius 2 is 1.30 bits per heavy atom. The van der Waals surface area contributed by atoms with Crippen molar-refractivity contribution in [3.05, 3.63) is 160 Å². The molecule has 0 saturated carbocycles. The number of fused-ring (bicyclic) bond motifs is 4. The summed E-state index contributed by atoms with van der Waals surface area (Å²) >= 11 is 3.75. The Bertz CT molecular complexity index is 2710. The van der Waals surface area contributed by atoms with Crippen molar-refractivity contribution in [3.63, 3.8) is 0 Å². The van der Waals surface area contributed by atoms with Crippen LogP contribution in [-0.4, -0.2) is 77.4 Å². The maximum absolute atomic E-state index is 2.54. The maximum atomic E-state index is 2.54. The molecular formula is C55H68IN6S2+3. The molecule has 4 aromatic carbocycles. The number of anilines is 2. The molecule has 0 spiro atoms. The first-order valence-corrected chi connectivity index (χ1v) is 24.5. The van der Waals surface area contributed by atoms with E-state index in [0.29, 0.717) is 0 Å². The highest BCUT2D eigenvalue weighted by molar-refractivity contribution is 8.03. The van der Waals surface area contributed by atoms with Crippen molar-refractivity contribution >= 4 is 67.7 Å². The highest BCUT2D eigenvalue weighted by atomic mass is 127. The van der Waals surface area contributed by atoms with E-state index in [1.54, 1.807) is 0 Å². The van der Waals surface area contributed by atoms with Crippen molar-refractivity contribution in [2.45, 2.75) is 62.9 Å². The van der Waals surface area contributed by atoms with E-state index < -0.39 is 0 Å². The number of rotatable bonds is 17. The van der Waals surface area contributed by atoms with E-state index in [1.807, 2.05) is 23.1 Å². The number of unbranched alkanes of at least 4 members (excludes halogenated alkanes) is 1. The van der Waals surface area contributed by atoms with Gasteiger partial charge in [-0.3, -0.25) is 0 Å². The molecule has 2 aromatic heterocycles. The van der Waals surface area contributed by atoms with Gasteiger partial charge in [-0.25, -0.2) is 0 Å². The molecule has 64 heavy (non-hydrogen) atoms. The average Bonchev–Trinajstić information content (AvgIpc) is 3.85. The molecule has 0 aliphatic carbocycles. The van der Waals surface area contributed by atoms with E-state index in [9.17, 15) is 0 Å². The molecule has 8 rings (SSSR count). The van der Waals surface area contributed by atoms with Crippen LogP contribution in [0.2, 0.25) is 0 Å². The van der Waals surface area contributed by atoms with Gasteiger partial charge in [-0.2, -0.15) is 9.13 Å². The number of hydrogen-bond acceptors (Lipinski definition) is 4. The Morgan fingerprint density at radius 3 is 2.06 bits per heavy atom. The molecule has 334 valence electrons. The van der Waals surface area contributed by atoms with Gasteiger partial charge >= 0.3 is 0 Å². The summed E-state index contributed by atoms with van der Waals surface area (Å²) in [5.41, 5.74) is 9.21. The van der Waals surface area contributed by atoms with E-state index in [0.717, 1.165) is 28.5 Å². The predicted molar refractivity (Wildman–Crippen MR) is 271 cm³/mol. The molecule has 6 aromatic rings. The molecular weight excluding hydrogens is 936 g/mol. The van der Waals surface area contributed by atoms with Crippen molar-refractivity contribution in [1.29, 1.82) is 0 Å². The molecule has 0 atom stereocenters. The van der Waals surface area contributed by atoms with Gasteiger partial charge in [0.2, 0.25) is 11.0 Å². The number of hydrogen-bond donors (Lipinski definition) is 0. The third-order valence-corrected chi connectivity index (χ3v) is 15.7. The highest BCUT2D eigenvalue weighted by Crippen LogP contribution is 2.47. The molecule has 4 heterocycles. The maximum Gasteiger partial charge on any atom is 0.262 e. The molecule has 0 radical (unpaired) electrons. The molecule has 0 N–H and O–H groups in total. The second kappa shape index (κ2) is 20.5. The normalized spacial score (nSPS) is 16.2. The Morgan fingerprint density at radius 1 is 0.641 bits per heavy atom. The van der Waals surface area contributed by atoms with Crippen molar-refractivity contribution in [2.75, 3.05) is 78.3 Å². The number of allylic oxidation sites excluding steroid dienone is 5. The number of likely N-dealkylation sites (N-methyl/N-ethyl adjacent to an activating group) is 1. The lowest BCUT2D eigenvalue weighted by Gasteiger charge is -2.33. The summed E-state index contributed by atoms with van der Waals surface area (Å²) in [5.74, 6) is 0. The van der Waals surface area contributed by atoms with Gasteiger partial charge in [-0.05, 0) is 53.6 Å². The minimum absolute atomic E-state index is 0. The van der Waals surface area contributed by atoms with Gasteiger partial charge in [-0.1, -0.05) is 110 Å². The molecule has 2 aliphatic rings. The lowest BCUT2D eigenvalue weighted by molar-refractivity contribution is -0.910. The molecule has 9 heteroatoms. The second-order valence-electron chi connectivity index (χ2n) is 19.3. The third-order valence-electron chi connectivity index (χ3n) is 13.4. The first-order valence-electron chi connectivity index (χ1n) is 22.9. The molecule has 0 fully saturated rings. The van der Waals surface area contributed by atoms with Crippen LogP contribution in [0.3, 0.4) is 0 Å². The van der Waals surface area contributed by atoms with Crippen molar-refractivity contribution in [2.24, 2.45) is 0 Å². The zero-order chi connectivity index (χ0) is 44.2. The standard InChI is InChI=1S/C55H68N6S2.HI/c1-55(2)45-25-13-15-27-47(45)56(3)52(55)32-10-9-11-33-53-59(49-29-17-19-31-51(49)62-53)36-20-21-38-60(5,6)40-23-41-61(7,8)39-22-35-58-37-34-43(44-24-12-14-26-46(44)58)42-54-57(4)48-28-16-18-30-50(48)63-54;/h9-19,24-34,37,42H,20-23,35-36,38-41H2,1-8H3;1H/q+4;/p-1. The van der Waals surface area contributed by atoms with Crippen LogP contribution < -0.4 is 42.9 Å². The van der Waals surface area contributed by atoms with Gasteiger partial charge in [-0.15, -0.1) is 0 Å². The van der Waals surface area contributed by atoms with Crippen LogP contribution >= 0.6 is 23.1 Å². The molecule has 2 aliphatic heterocycles. The third kappa shape index (κ3) is 10.7. The summed E-state index contributed by atoms with van der Waals surface area (Å²) in [6, 6.07) is 37.5. The first kappa shape index (κ1) is 47.7. The fourth-order valence-corrected chi connectivity index (χ4v) is 11.9. The van der Waals surface area contributed by atoms with Crippen LogP contribution in [0.25, 0.3) is 33.3 Å². The Balaban J connectivity index is 0.00000612. The molecule has 0 unspecified atom stereocenters. The number of quaternary nitrogens is 2. The fourth-order valence-electron chi connectivity index (χ4n) is 9.70. The largest absolute Gasteiger partial charge is 1.00 e. The number of thiazole rings is 1. The van der Waals surface area contributed by atoms with Gasteiger partial charge in [0, 0.05) is 79.3 Å². The Labute approximate surface area is 408 Å². The smallest absolute Gasteiger partial charge is 0.262 e. The number of para-hydroxylation sites is 4. The monoisotopic (exact) mass is 1000 g/mol. The van der Waals surface area contributed by atoms with Gasteiger partial charge in [0.1, 0.15) is 4.70 Å². The van der Waals surface area contributed by atoms with Crippen LogP contribution in [0.1, 0.15) is 55.7 Å². The van der Waals surface area contributed by atoms with E-state index in [4.69, 9.17) is 0 Å². The SMILES string of the molecule is CN1/C(=C/c2cc[n+](CCC[N+](C)(C)CCC[N+](C)(C)CCCC[n+]3c(/C=C/C=C/C=C4/N(C)c5ccccc5C4(C)C)sc4ccccc43)c3ccccc23)Sc2ccccc21.[I-]. The van der Waals surface area contributed by atoms with Gasteiger partial charge < -0.3 is 42.7 Å². The number of pyridine rings is 1. The van der Waals surface area contributed by atoms with Crippen LogP contribution in [0.15, 0.2) is 149 Å². The molecule has 6 nitrogen and oxygen atoms in total. The summed E-state index contributed by atoms with van der Waals surface area (Å²) in [5, 5.41) is 3.89. The fraction of sp³-hybridized carbons (Fsp3) is 0.345. The van der Waals surface area contributed by atoms with E-state index in [2.05, 4.69) is 221 Å². The number of thioether (sulfide) groups is 1. The minimum Gasteiger partial charge on any atom is -1.00 e. The topological polar surface area (TPSA) is 14.2 Å². The van der Waals surface area contributed by atoms with Crippen molar-refractivity contribution in [1.82, 2.24) is 0 Å². The van der Waals surface area contributed by atoms with Crippen LogP contribution in [0, 0.1) is 0 Å². The number of aromatic nitrogens is 2. The summed E-state index contributed by atoms with van der Waals surface area (Å²) in [4.78, 5) is 5.97. The molecule has 0 amide bonds. The Hall–Kier alpha value is -4.26. The van der Waals surface area contributed by atoms with Crippen LogP contribution in [0.4, 0.5) is 11.4 Å². The van der Waals surface area contributed by atoms with Gasteiger partial charge in [0.25, 0.3) is 5.01 Å². The van der Waals surface area contributed by atoms with E-state index in [1.165, 1.54) is 110 Å². The lowest BCUT2D eigenvalue weighted by Crippen LogP contribution is -3.00. The number of halogens is 1. The van der Waals surface area contributed by atoms with Crippen LogP contribution in [0.5, 0.6) is 0 Å². The van der Waals surface area contributed by atoms with E-state index in [-0.39, 0.29) is 29.4 Å². The molecule has 0 saturated heterocycles. The number of nitrogens with zero attached hydrogens (tertiary/aromatic N) is 6. The summed E-state index contributed by atoms with van der Waals surface area (Å²) in [6.45, 7) is 11.5. The minimum atomic E-state index is -0.0126. The Kier molecular flexibility index (Phi) is 15.3.